The molecule has 1 aromatic carbocycles. The van der Waals surface area contributed by atoms with E-state index in [9.17, 15) is 4.79 Å². The Morgan fingerprint density at radius 3 is 2.85 bits per heavy atom. The molecule has 0 aliphatic heterocycles. The summed E-state index contributed by atoms with van der Waals surface area (Å²) in [4.78, 5) is 10.9. The van der Waals surface area contributed by atoms with E-state index in [4.69, 9.17) is 17.3 Å². The van der Waals surface area contributed by atoms with Crippen LogP contribution >= 0.6 is 11.6 Å². The van der Waals surface area contributed by atoms with E-state index in [-0.39, 0.29) is 0 Å². The molecule has 0 saturated carbocycles. The number of primary amides is 1. The average Bonchev–Trinajstić information content (AvgIpc) is 2.04. The van der Waals surface area contributed by atoms with Crippen LogP contribution in [0.5, 0.6) is 0 Å². The third kappa shape index (κ3) is 2.36. The molecule has 0 radical (unpaired) electrons. The van der Waals surface area contributed by atoms with E-state index in [0.29, 0.717) is 16.3 Å². The van der Waals surface area contributed by atoms with Crippen LogP contribution in [0.1, 0.15) is 17.3 Å². The van der Waals surface area contributed by atoms with Gasteiger partial charge in [-0.1, -0.05) is 11.6 Å². The Labute approximate surface area is 81.9 Å². The van der Waals surface area contributed by atoms with Gasteiger partial charge in [0.15, 0.2) is 0 Å². The van der Waals surface area contributed by atoms with Crippen molar-refractivity contribution in [2.24, 2.45) is 5.73 Å². The van der Waals surface area contributed by atoms with Gasteiger partial charge in [0.2, 0.25) is 0 Å². The molecule has 0 heterocycles. The average molecular weight is 199 g/mol. The molecule has 0 atom stereocenters. The van der Waals surface area contributed by atoms with Gasteiger partial charge in [-0.2, -0.15) is 0 Å². The monoisotopic (exact) mass is 198 g/mol. The summed E-state index contributed by atoms with van der Waals surface area (Å²) < 4.78 is 0. The number of rotatable bonds is 3. The number of anilines is 1. The third-order valence-electron chi connectivity index (χ3n) is 1.61. The first-order chi connectivity index (χ1) is 6.15. The standard InChI is InChI=1S/C9H11ClN2O/c1-2-12-8-5-6(10)3-4-7(8)9(11)13/h3-5,12H,2H2,1H3,(H2,11,13). The maximum atomic E-state index is 10.9. The molecule has 3 N–H and O–H groups in total. The predicted molar refractivity (Wildman–Crippen MR) is 54.1 cm³/mol. The molecular formula is C9H11ClN2O. The number of benzene rings is 1. The molecule has 13 heavy (non-hydrogen) atoms. The first kappa shape index (κ1) is 9.86. The molecule has 0 unspecified atom stereocenters. The van der Waals surface area contributed by atoms with Crippen molar-refractivity contribution < 1.29 is 4.79 Å². The summed E-state index contributed by atoms with van der Waals surface area (Å²) in [5.74, 6) is -0.451. The van der Waals surface area contributed by atoms with Gasteiger partial charge in [-0.25, -0.2) is 0 Å². The van der Waals surface area contributed by atoms with Gasteiger partial charge in [-0.05, 0) is 25.1 Å². The fraction of sp³-hybridized carbons (Fsp3) is 0.222. The van der Waals surface area contributed by atoms with Crippen molar-refractivity contribution in [3.8, 4) is 0 Å². The number of carbonyl (C=O) groups excluding carboxylic acids is 1. The largest absolute Gasteiger partial charge is 0.385 e. The molecule has 0 spiro atoms. The number of hydrogen-bond donors (Lipinski definition) is 2. The molecule has 4 heteroatoms. The molecular weight excluding hydrogens is 188 g/mol. The van der Waals surface area contributed by atoms with Gasteiger partial charge in [0.25, 0.3) is 5.91 Å². The summed E-state index contributed by atoms with van der Waals surface area (Å²) in [6, 6.07) is 4.94. The van der Waals surface area contributed by atoms with Crippen molar-refractivity contribution in [3.63, 3.8) is 0 Å². The Morgan fingerprint density at radius 2 is 2.31 bits per heavy atom. The molecule has 0 bridgehead atoms. The fourth-order valence-electron chi connectivity index (χ4n) is 1.07. The highest BCUT2D eigenvalue weighted by Gasteiger charge is 2.06. The van der Waals surface area contributed by atoms with Crippen LogP contribution in [0.3, 0.4) is 0 Å². The van der Waals surface area contributed by atoms with E-state index >= 15 is 0 Å². The van der Waals surface area contributed by atoms with Crippen LogP contribution in [0, 0.1) is 0 Å². The van der Waals surface area contributed by atoms with Crippen LogP contribution in [-0.2, 0) is 0 Å². The number of nitrogens with two attached hydrogens (primary N) is 1. The van der Waals surface area contributed by atoms with Crippen molar-refractivity contribution >= 4 is 23.2 Å². The SMILES string of the molecule is CCNc1cc(Cl)ccc1C(N)=O. The van der Waals surface area contributed by atoms with Gasteiger partial charge >= 0.3 is 0 Å². The Morgan fingerprint density at radius 1 is 1.62 bits per heavy atom. The van der Waals surface area contributed by atoms with Crippen molar-refractivity contribution in [3.05, 3.63) is 28.8 Å². The van der Waals surface area contributed by atoms with Gasteiger partial charge in [0, 0.05) is 17.3 Å². The predicted octanol–water partition coefficient (Wildman–Crippen LogP) is 1.87. The summed E-state index contributed by atoms with van der Waals surface area (Å²) in [5.41, 5.74) is 6.32. The van der Waals surface area contributed by atoms with Gasteiger partial charge in [0.1, 0.15) is 0 Å². The second-order valence-electron chi connectivity index (χ2n) is 2.58. The summed E-state index contributed by atoms with van der Waals surface area (Å²) >= 11 is 5.77. The lowest BCUT2D eigenvalue weighted by molar-refractivity contribution is 0.100. The second-order valence-corrected chi connectivity index (χ2v) is 3.02. The maximum Gasteiger partial charge on any atom is 0.250 e. The van der Waals surface area contributed by atoms with Crippen LogP contribution < -0.4 is 11.1 Å². The molecule has 3 nitrogen and oxygen atoms in total. The molecule has 70 valence electrons. The van der Waals surface area contributed by atoms with Gasteiger partial charge in [0.05, 0.1) is 5.56 Å². The smallest absolute Gasteiger partial charge is 0.250 e. The molecule has 1 rings (SSSR count). The van der Waals surface area contributed by atoms with Crippen molar-refractivity contribution in [2.75, 3.05) is 11.9 Å². The van der Waals surface area contributed by atoms with Crippen LogP contribution in [0.25, 0.3) is 0 Å². The first-order valence-electron chi connectivity index (χ1n) is 3.98. The summed E-state index contributed by atoms with van der Waals surface area (Å²) in [6.07, 6.45) is 0. The maximum absolute atomic E-state index is 10.9. The van der Waals surface area contributed by atoms with Gasteiger partial charge in [-0.3, -0.25) is 4.79 Å². The van der Waals surface area contributed by atoms with E-state index in [1.807, 2.05) is 6.92 Å². The number of carbonyl (C=O) groups is 1. The van der Waals surface area contributed by atoms with E-state index < -0.39 is 5.91 Å². The molecule has 1 aromatic rings. The van der Waals surface area contributed by atoms with E-state index in [0.717, 1.165) is 6.54 Å². The van der Waals surface area contributed by atoms with E-state index in [1.165, 1.54) is 0 Å². The Hall–Kier alpha value is -1.22. The van der Waals surface area contributed by atoms with Crippen molar-refractivity contribution in [1.29, 1.82) is 0 Å². The number of halogens is 1. The molecule has 0 aromatic heterocycles. The number of hydrogen-bond acceptors (Lipinski definition) is 2. The molecule has 0 fully saturated rings. The quantitative estimate of drug-likeness (QED) is 0.779. The lowest BCUT2D eigenvalue weighted by Crippen LogP contribution is -2.14. The van der Waals surface area contributed by atoms with Crippen LogP contribution in [0.2, 0.25) is 5.02 Å². The summed E-state index contributed by atoms with van der Waals surface area (Å²) in [5, 5.41) is 3.60. The second kappa shape index (κ2) is 4.14. The topological polar surface area (TPSA) is 55.1 Å². The zero-order chi connectivity index (χ0) is 9.84. The summed E-state index contributed by atoms with van der Waals surface area (Å²) in [6.45, 7) is 2.66. The Balaban J connectivity index is 3.10. The normalized spacial score (nSPS) is 9.69. The number of nitrogens with one attached hydrogen (secondary N) is 1. The lowest BCUT2D eigenvalue weighted by Gasteiger charge is -2.07. The highest BCUT2D eigenvalue weighted by molar-refractivity contribution is 6.31. The highest BCUT2D eigenvalue weighted by Crippen LogP contribution is 2.20. The van der Waals surface area contributed by atoms with E-state index in [1.54, 1.807) is 18.2 Å². The van der Waals surface area contributed by atoms with Crippen molar-refractivity contribution in [1.82, 2.24) is 0 Å². The lowest BCUT2D eigenvalue weighted by atomic mass is 10.1. The Bertz CT molecular complexity index is 325. The highest BCUT2D eigenvalue weighted by atomic mass is 35.5. The molecule has 1 amide bonds. The summed E-state index contributed by atoms with van der Waals surface area (Å²) in [7, 11) is 0. The van der Waals surface area contributed by atoms with Gasteiger partial charge in [-0.15, -0.1) is 0 Å². The minimum Gasteiger partial charge on any atom is -0.385 e. The zero-order valence-corrected chi connectivity index (χ0v) is 8.06. The minimum atomic E-state index is -0.451. The van der Waals surface area contributed by atoms with E-state index in [2.05, 4.69) is 5.32 Å². The zero-order valence-electron chi connectivity index (χ0n) is 7.30. The number of amides is 1. The minimum absolute atomic E-state index is 0.451. The first-order valence-corrected chi connectivity index (χ1v) is 4.36. The van der Waals surface area contributed by atoms with Crippen molar-refractivity contribution in [2.45, 2.75) is 6.92 Å². The van der Waals surface area contributed by atoms with Crippen LogP contribution in [0.4, 0.5) is 5.69 Å². The van der Waals surface area contributed by atoms with Crippen LogP contribution in [-0.4, -0.2) is 12.5 Å². The molecule has 0 aliphatic rings. The molecule has 0 saturated heterocycles. The third-order valence-corrected chi connectivity index (χ3v) is 1.85. The Kier molecular flexibility index (Phi) is 3.14. The fourth-order valence-corrected chi connectivity index (χ4v) is 1.24. The molecule has 0 aliphatic carbocycles. The van der Waals surface area contributed by atoms with Crippen LogP contribution in [0.15, 0.2) is 18.2 Å². The van der Waals surface area contributed by atoms with Gasteiger partial charge < -0.3 is 11.1 Å².